The number of anilines is 6. The van der Waals surface area contributed by atoms with Crippen LogP contribution in [0.15, 0.2) is 133 Å². The number of benzene rings is 8. The maximum atomic E-state index is 13.4. The first-order chi connectivity index (χ1) is 43.7. The summed E-state index contributed by atoms with van der Waals surface area (Å²) >= 11 is -4.09. The molecule has 2 heterocycles. The molecule has 10 rings (SSSR count). The topological polar surface area (TPSA) is 106 Å². The molecule has 0 bridgehead atoms. The van der Waals surface area contributed by atoms with Crippen molar-refractivity contribution >= 4 is 87.8 Å². The monoisotopic (exact) mass is 1500 g/mol. The van der Waals surface area contributed by atoms with Crippen LogP contribution in [0.1, 0.15) is 103 Å². The Morgan fingerprint density at radius 1 is 0.511 bits per heavy atom. The van der Waals surface area contributed by atoms with Gasteiger partial charge >= 0.3 is 296 Å². The van der Waals surface area contributed by atoms with E-state index in [2.05, 4.69) is 185 Å². The fraction of sp³-hybridized carbons (Fsp3) is 0.297. The smallest absolute Gasteiger partial charge is 0.0146 e. The largest absolute Gasteiger partial charge is 0.502 e. The molecular weight excluding hydrogens is 1410 g/mol. The van der Waals surface area contributed by atoms with Crippen LogP contribution >= 0.6 is 38.8 Å². The van der Waals surface area contributed by atoms with Crippen molar-refractivity contribution in [2.75, 3.05) is 63.5 Å². The number of halogens is 5. The number of rotatable bonds is 16. The van der Waals surface area contributed by atoms with Gasteiger partial charge in [0.2, 0.25) is 0 Å². The van der Waals surface area contributed by atoms with Gasteiger partial charge in [0.05, 0.1) is 0 Å². The quantitative estimate of drug-likeness (QED) is 0.0246. The number of aryl methyl sites for hydroxylation is 12. The molecule has 2 aliphatic heterocycles. The van der Waals surface area contributed by atoms with Crippen LogP contribution in [0, 0.1) is 112 Å². The maximum Gasteiger partial charge on any atom is 0.0146 e. The van der Waals surface area contributed by atoms with Crippen molar-refractivity contribution in [3.05, 3.63) is 252 Å². The summed E-state index contributed by atoms with van der Waals surface area (Å²) in [6.07, 6.45) is 0.215. The van der Waals surface area contributed by atoms with E-state index in [1.165, 1.54) is 114 Å². The number of nitrogens with one attached hydrogen (secondary N) is 2. The van der Waals surface area contributed by atoms with Crippen LogP contribution in [-0.2, 0) is 40.1 Å². The molecule has 0 saturated carbocycles. The molecule has 2 aliphatic rings. The maximum absolute atomic E-state index is 13.4. The van der Waals surface area contributed by atoms with E-state index >= 15 is 0 Å². The minimum Gasteiger partial charge on any atom is -0.502 e. The third-order valence-electron chi connectivity index (χ3n) is 15.6. The Bertz CT molecular complexity index is 3620. The van der Waals surface area contributed by atoms with Crippen LogP contribution in [0.3, 0.4) is 0 Å². The van der Waals surface area contributed by atoms with Gasteiger partial charge < -0.3 is 19.6 Å². The molecule has 8 aromatic rings. The average Bonchev–Trinajstić information content (AvgIpc) is 2.03. The van der Waals surface area contributed by atoms with Crippen LogP contribution in [0.5, 0.6) is 11.5 Å². The summed E-state index contributed by atoms with van der Waals surface area (Å²) in [6, 6.07) is 43.1. The van der Waals surface area contributed by atoms with Crippen molar-refractivity contribution in [1.82, 2.24) is 0 Å². The fourth-order valence-electron chi connectivity index (χ4n) is 12.3. The van der Waals surface area contributed by atoms with Crippen LogP contribution < -0.4 is 30.2 Å². The Labute approximate surface area is 571 Å². The summed E-state index contributed by atoms with van der Waals surface area (Å²) < 4.78 is 25.7. The molecule has 0 unspecified atom stereocenters. The molecule has 494 valence electrons. The molecule has 0 spiro atoms. The second-order valence-corrected chi connectivity index (χ2v) is 35.2. The predicted octanol–water partition coefficient (Wildman–Crippen LogP) is 19.3. The molecule has 0 atom stereocenters. The third-order valence-corrected chi connectivity index (χ3v) is 19.3. The number of nitro groups is 1. The van der Waals surface area contributed by atoms with E-state index in [0.29, 0.717) is 18.7 Å². The van der Waals surface area contributed by atoms with Crippen molar-refractivity contribution in [1.29, 1.82) is 0 Å². The molecular formula is C74H88Cl4FN7O4Ru2. The van der Waals surface area contributed by atoms with Gasteiger partial charge in [-0.2, -0.15) is 13.3 Å². The van der Waals surface area contributed by atoms with Crippen LogP contribution in [0.4, 0.5) is 44.2 Å². The second kappa shape index (κ2) is 34.2. The first-order valence-corrected chi connectivity index (χ1v) is 41.4. The van der Waals surface area contributed by atoms with E-state index in [4.69, 9.17) is 38.8 Å². The van der Waals surface area contributed by atoms with Gasteiger partial charge in [0.15, 0.2) is 0 Å². The van der Waals surface area contributed by atoms with Crippen LogP contribution in [-0.4, -0.2) is 63.0 Å². The number of aromatic hydroxyl groups is 2. The third kappa shape index (κ3) is 20.3. The summed E-state index contributed by atoms with van der Waals surface area (Å²) in [7, 11) is 25.4. The number of para-hydroxylation sites is 4. The van der Waals surface area contributed by atoms with Crippen molar-refractivity contribution in [3.63, 3.8) is 0 Å². The van der Waals surface area contributed by atoms with Gasteiger partial charge in [0, 0.05) is 48.9 Å². The standard InChI is InChI=1S/2C21H27N2.C17H18FNO.C15H14N2O3.4ClH.2Ru/c2*1-14-9-16(3)20(17(4)10-14)22-7-8-23(13-22)21-18(5)11-15(2)12-19(21)6;1-12(2)20-17-7-5-4-6-16(17)19-11-14-8-9-15(18)10-13(14)3;1-11-9-13(17(18)19)8-7-12(11)10-16-14-5-3-4-6-15(14)20-2;;;;;;/h2*9-13H,7-8H2,1-6H3;3-10,12,19H,11H2,1-2H3;1,3-9,16H,10H2,2H3;4*1H;;/q2*-1;;;;;;;2*+2/p-2. The van der Waals surface area contributed by atoms with Gasteiger partial charge in [-0.05, 0) is 128 Å². The number of nitrogens with zero attached hydrogens (tertiary/aromatic N) is 5. The molecule has 2 fully saturated rings. The summed E-state index contributed by atoms with van der Waals surface area (Å²) in [4.78, 5) is 20.1. The van der Waals surface area contributed by atoms with Crippen LogP contribution in [0.2, 0.25) is 0 Å². The zero-order valence-corrected chi connectivity index (χ0v) is 61.9. The molecule has 11 nitrogen and oxygen atoms in total. The zero-order chi connectivity index (χ0) is 67.1. The first-order valence-electron chi connectivity index (χ1n) is 30.5. The molecule has 2 saturated heterocycles. The van der Waals surface area contributed by atoms with E-state index in [-0.39, 0.29) is 17.6 Å². The van der Waals surface area contributed by atoms with Gasteiger partial charge in [-0.25, -0.2) is 0 Å². The van der Waals surface area contributed by atoms with Crippen molar-refractivity contribution < 1.29 is 45.8 Å². The van der Waals surface area contributed by atoms with E-state index in [0.717, 1.165) is 65.7 Å². The number of nitro benzene ring substituents is 1. The molecule has 18 heteroatoms. The fourth-order valence-corrected chi connectivity index (χ4v) is 16.0. The number of hydrogen-bond acceptors (Lipinski definition) is 8. The number of non-ortho nitro benzene ring substituents is 1. The predicted molar refractivity (Wildman–Crippen MR) is 386 cm³/mol. The Morgan fingerprint density at radius 2 is 0.837 bits per heavy atom. The van der Waals surface area contributed by atoms with E-state index in [1.807, 2.05) is 62.4 Å². The van der Waals surface area contributed by atoms with Crippen LogP contribution in [0.25, 0.3) is 0 Å². The van der Waals surface area contributed by atoms with Crippen molar-refractivity contribution in [2.24, 2.45) is 0 Å². The van der Waals surface area contributed by atoms with Gasteiger partial charge in [-0.3, -0.25) is 0 Å². The van der Waals surface area contributed by atoms with Gasteiger partial charge in [-0.15, -0.1) is 0 Å². The normalized spacial score (nSPS) is 12.9. The summed E-state index contributed by atoms with van der Waals surface area (Å²) in [6.45, 7) is 40.3. The molecule has 4 N–H and O–H groups in total. The Hall–Kier alpha value is -6.36. The van der Waals surface area contributed by atoms with E-state index in [9.17, 15) is 14.5 Å². The zero-order valence-electron chi connectivity index (χ0n) is 55.4. The Morgan fingerprint density at radius 3 is 1.17 bits per heavy atom. The first kappa shape index (κ1) is 73.1. The number of ether oxygens (including phenoxy) is 2. The van der Waals surface area contributed by atoms with Crippen molar-refractivity contribution in [2.45, 2.75) is 116 Å². The van der Waals surface area contributed by atoms with E-state index in [1.54, 1.807) is 28.5 Å². The van der Waals surface area contributed by atoms with Gasteiger partial charge in [0.25, 0.3) is 0 Å². The van der Waals surface area contributed by atoms with Gasteiger partial charge in [0.1, 0.15) is 0 Å². The Balaban J connectivity index is 0.000000174. The molecule has 92 heavy (non-hydrogen) atoms. The minimum atomic E-state index is -2.08. The molecule has 0 aromatic heterocycles. The molecule has 0 aliphatic carbocycles. The summed E-state index contributed by atoms with van der Waals surface area (Å²) in [5.74, 6) is 1.47. The second-order valence-electron chi connectivity index (χ2n) is 23.8. The van der Waals surface area contributed by atoms with Gasteiger partial charge in [-0.1, -0.05) is 70.8 Å². The average molecular weight is 1500 g/mol. The summed E-state index contributed by atoms with van der Waals surface area (Å²) in [5, 5.41) is 17.6. The Kier molecular flexibility index (Phi) is 27.1. The number of hydrogen-bond donors (Lipinski definition) is 2. The van der Waals surface area contributed by atoms with E-state index < -0.39 is 32.0 Å². The van der Waals surface area contributed by atoms with Crippen molar-refractivity contribution in [3.8, 4) is 11.5 Å². The summed E-state index contributed by atoms with van der Waals surface area (Å²) in [5.41, 5.74) is 26.8. The number of aliphatic hydroxyl groups is 2. The minimum absolute atomic E-state index is 0.0210. The SMILES string of the molecule is CC(C)[OH+]c1ccccc1NCc1ccc(F)cc1[CH]=[Ru]([Cl])[Cl].C[OH+]c1ccccc1NCc1ccc([N+](=O)[O-])cc1[CH]=[Ru]([Cl])[Cl].Cc1cc(C)c(N2[CH-]N(c3c(C)cc(C)cc3C)CC2)c(C)c1.Cc1cc(C)c(N2[CH-]N(c3c(C)cc(C)cc3C)CC2)c(C)c1. The molecule has 0 amide bonds. The molecule has 0 radical (unpaired) electrons. The molecule has 8 aromatic carbocycles.